The van der Waals surface area contributed by atoms with Crippen LogP contribution in [-0.2, 0) is 11.3 Å². The van der Waals surface area contributed by atoms with Gasteiger partial charge in [0.25, 0.3) is 5.69 Å². The third-order valence-corrected chi connectivity index (χ3v) is 5.99. The number of benzene rings is 2. The minimum absolute atomic E-state index is 0.0134. The first-order valence-electron chi connectivity index (χ1n) is 10.7. The molecule has 172 valence electrons. The summed E-state index contributed by atoms with van der Waals surface area (Å²) in [5.74, 6) is 1.27. The molecule has 0 unspecified atom stereocenters. The highest BCUT2D eigenvalue weighted by Crippen LogP contribution is 2.29. The van der Waals surface area contributed by atoms with E-state index in [4.69, 9.17) is 0 Å². The molecule has 0 aliphatic rings. The first-order chi connectivity index (χ1) is 16.6. The molecule has 0 saturated heterocycles. The number of carbonyl (C=O) groups is 1. The molecule has 0 bridgehead atoms. The number of hydrogen-bond donors (Lipinski definition) is 1. The molecule has 4 rings (SSSR count). The van der Waals surface area contributed by atoms with Gasteiger partial charge in [-0.2, -0.15) is 0 Å². The number of amides is 1. The Morgan fingerprint density at radius 3 is 2.53 bits per heavy atom. The highest BCUT2D eigenvalue weighted by atomic mass is 32.2. The minimum Gasteiger partial charge on any atom is -0.352 e. The molecule has 9 nitrogen and oxygen atoms in total. The van der Waals surface area contributed by atoms with Gasteiger partial charge in [-0.15, -0.1) is 10.2 Å². The molecule has 0 aliphatic heterocycles. The minimum atomic E-state index is -0.431. The van der Waals surface area contributed by atoms with Crippen molar-refractivity contribution in [1.29, 1.82) is 0 Å². The molecule has 0 aliphatic carbocycles. The second-order valence-electron chi connectivity index (χ2n) is 7.37. The summed E-state index contributed by atoms with van der Waals surface area (Å²) in [7, 11) is 0. The fraction of sp³-hybridized carbons (Fsp3) is 0.167. The van der Waals surface area contributed by atoms with Gasteiger partial charge in [-0.05, 0) is 42.3 Å². The van der Waals surface area contributed by atoms with Crippen molar-refractivity contribution in [1.82, 2.24) is 25.1 Å². The summed E-state index contributed by atoms with van der Waals surface area (Å²) in [6.07, 6.45) is 4.51. The Morgan fingerprint density at radius 2 is 1.82 bits per heavy atom. The molecular formula is C24H22N6O3S. The smallest absolute Gasteiger partial charge is 0.269 e. The van der Waals surface area contributed by atoms with Gasteiger partial charge in [-0.25, -0.2) is 0 Å². The molecule has 2 heterocycles. The van der Waals surface area contributed by atoms with Gasteiger partial charge in [0, 0.05) is 54.5 Å². The molecule has 1 N–H and O–H groups in total. The van der Waals surface area contributed by atoms with Gasteiger partial charge in [0.2, 0.25) is 5.91 Å². The maximum absolute atomic E-state index is 12.2. The molecule has 0 atom stereocenters. The predicted molar refractivity (Wildman–Crippen MR) is 129 cm³/mol. The van der Waals surface area contributed by atoms with Crippen molar-refractivity contribution in [3.8, 4) is 17.1 Å². The van der Waals surface area contributed by atoms with Gasteiger partial charge in [-0.3, -0.25) is 24.5 Å². The van der Waals surface area contributed by atoms with E-state index >= 15 is 0 Å². The fourth-order valence-corrected chi connectivity index (χ4v) is 4.17. The molecule has 34 heavy (non-hydrogen) atoms. The molecule has 4 aromatic rings. The van der Waals surface area contributed by atoms with Crippen LogP contribution in [0.1, 0.15) is 18.4 Å². The largest absolute Gasteiger partial charge is 0.352 e. The Kier molecular flexibility index (Phi) is 7.61. The van der Waals surface area contributed by atoms with Crippen molar-refractivity contribution in [3.63, 3.8) is 0 Å². The normalized spacial score (nSPS) is 10.7. The van der Waals surface area contributed by atoms with E-state index < -0.39 is 4.92 Å². The lowest BCUT2D eigenvalue weighted by molar-refractivity contribution is -0.384. The number of para-hydroxylation sites is 1. The van der Waals surface area contributed by atoms with Crippen LogP contribution in [0.4, 0.5) is 5.69 Å². The van der Waals surface area contributed by atoms with E-state index in [2.05, 4.69) is 20.5 Å². The Hall–Kier alpha value is -4.05. The number of pyridine rings is 1. The summed E-state index contributed by atoms with van der Waals surface area (Å²) in [6, 6.07) is 19.7. The number of nitrogens with one attached hydrogen (secondary N) is 1. The Morgan fingerprint density at radius 1 is 1.03 bits per heavy atom. The van der Waals surface area contributed by atoms with Gasteiger partial charge in [0.15, 0.2) is 11.0 Å². The average Bonchev–Trinajstić information content (AvgIpc) is 3.30. The van der Waals surface area contributed by atoms with Gasteiger partial charge in [0.1, 0.15) is 0 Å². The van der Waals surface area contributed by atoms with E-state index in [1.807, 2.05) is 47.0 Å². The summed E-state index contributed by atoms with van der Waals surface area (Å²) in [5, 5.41) is 23.3. The number of nitro groups is 1. The summed E-state index contributed by atoms with van der Waals surface area (Å²) in [4.78, 5) is 26.8. The maximum atomic E-state index is 12.2. The molecule has 0 saturated carbocycles. The number of non-ortho nitro benzene ring substituents is 1. The summed E-state index contributed by atoms with van der Waals surface area (Å²) in [5.41, 5.74) is 2.59. The quantitative estimate of drug-likeness (QED) is 0.156. The monoisotopic (exact) mass is 474 g/mol. The van der Waals surface area contributed by atoms with E-state index in [0.717, 1.165) is 16.8 Å². The summed E-state index contributed by atoms with van der Waals surface area (Å²) in [6.45, 7) is 0.459. The molecule has 0 spiro atoms. The Bertz CT molecular complexity index is 1250. The second-order valence-corrected chi connectivity index (χ2v) is 8.43. The third kappa shape index (κ3) is 5.84. The lowest BCUT2D eigenvalue weighted by atomic mass is 10.2. The van der Waals surface area contributed by atoms with E-state index in [1.165, 1.54) is 23.9 Å². The Labute approximate surface area is 200 Å². The first kappa shape index (κ1) is 23.1. The second kappa shape index (κ2) is 11.2. The van der Waals surface area contributed by atoms with Crippen LogP contribution in [0.2, 0.25) is 0 Å². The lowest BCUT2D eigenvalue weighted by Crippen LogP contribution is -2.22. The van der Waals surface area contributed by atoms with Crippen molar-refractivity contribution in [3.05, 3.63) is 94.8 Å². The summed E-state index contributed by atoms with van der Waals surface area (Å²) < 4.78 is 1.92. The van der Waals surface area contributed by atoms with E-state index in [0.29, 0.717) is 36.1 Å². The zero-order chi connectivity index (χ0) is 23.8. The molecule has 10 heteroatoms. The van der Waals surface area contributed by atoms with Crippen molar-refractivity contribution < 1.29 is 9.72 Å². The number of rotatable bonds is 10. The van der Waals surface area contributed by atoms with Gasteiger partial charge in [0.05, 0.1) is 4.92 Å². The highest BCUT2D eigenvalue weighted by molar-refractivity contribution is 7.99. The van der Waals surface area contributed by atoms with Crippen molar-refractivity contribution in [2.75, 3.05) is 5.75 Å². The van der Waals surface area contributed by atoms with Crippen LogP contribution in [-0.4, -0.2) is 36.3 Å². The number of nitro benzene ring substituents is 1. The first-order valence-corrected chi connectivity index (χ1v) is 11.6. The van der Waals surface area contributed by atoms with Crippen LogP contribution in [0.3, 0.4) is 0 Å². The maximum Gasteiger partial charge on any atom is 0.269 e. The topological polar surface area (TPSA) is 116 Å². The van der Waals surface area contributed by atoms with Gasteiger partial charge >= 0.3 is 0 Å². The van der Waals surface area contributed by atoms with Crippen molar-refractivity contribution in [2.45, 2.75) is 24.5 Å². The predicted octanol–water partition coefficient (Wildman–Crippen LogP) is 4.43. The number of hydrogen-bond acceptors (Lipinski definition) is 7. The van der Waals surface area contributed by atoms with Crippen LogP contribution < -0.4 is 5.32 Å². The molecule has 2 aromatic carbocycles. The highest BCUT2D eigenvalue weighted by Gasteiger charge is 2.17. The SMILES string of the molecule is O=C(CCCSc1nnc(-c2ccc([N+](=O)[O-])cc2)n1-c1ccccc1)NCc1cccnc1. The van der Waals surface area contributed by atoms with Gasteiger partial charge in [-0.1, -0.05) is 36.0 Å². The number of carbonyl (C=O) groups excluding carboxylic acids is 1. The number of nitrogens with zero attached hydrogens (tertiary/aromatic N) is 5. The van der Waals surface area contributed by atoms with Crippen molar-refractivity contribution >= 4 is 23.4 Å². The zero-order valence-corrected chi connectivity index (χ0v) is 19.0. The zero-order valence-electron chi connectivity index (χ0n) is 18.2. The molecular weight excluding hydrogens is 452 g/mol. The van der Waals surface area contributed by atoms with Crippen LogP contribution in [0.15, 0.2) is 84.3 Å². The molecule has 0 fully saturated rings. The van der Waals surface area contributed by atoms with Crippen LogP contribution >= 0.6 is 11.8 Å². The Balaban J connectivity index is 1.41. The fourth-order valence-electron chi connectivity index (χ4n) is 3.28. The molecule has 0 radical (unpaired) electrons. The van der Waals surface area contributed by atoms with E-state index in [-0.39, 0.29) is 11.6 Å². The number of thioether (sulfide) groups is 1. The number of aromatic nitrogens is 4. The van der Waals surface area contributed by atoms with E-state index in [1.54, 1.807) is 24.5 Å². The van der Waals surface area contributed by atoms with Crippen LogP contribution in [0, 0.1) is 10.1 Å². The van der Waals surface area contributed by atoms with Crippen molar-refractivity contribution in [2.24, 2.45) is 0 Å². The van der Waals surface area contributed by atoms with Crippen LogP contribution in [0.5, 0.6) is 0 Å². The molecule has 1 amide bonds. The summed E-state index contributed by atoms with van der Waals surface area (Å²) >= 11 is 1.51. The molecule has 2 aromatic heterocycles. The third-order valence-electron chi connectivity index (χ3n) is 4.98. The van der Waals surface area contributed by atoms with Gasteiger partial charge < -0.3 is 5.32 Å². The van der Waals surface area contributed by atoms with Crippen LogP contribution in [0.25, 0.3) is 17.1 Å². The standard InChI is InChI=1S/C24H22N6O3S/c31-22(26-17-18-6-4-14-25-16-18)9-5-15-34-24-28-27-23(29(24)20-7-2-1-3-8-20)19-10-12-21(13-11-19)30(32)33/h1-4,6-8,10-14,16H,5,9,15,17H2,(H,26,31). The van der Waals surface area contributed by atoms with E-state index in [9.17, 15) is 14.9 Å². The lowest BCUT2D eigenvalue weighted by Gasteiger charge is -2.10. The average molecular weight is 475 g/mol.